The van der Waals surface area contributed by atoms with Crippen LogP contribution >= 0.6 is 0 Å². The molecule has 0 radical (unpaired) electrons. The number of amides is 1. The first-order chi connectivity index (χ1) is 9.08. The zero-order valence-corrected chi connectivity index (χ0v) is 11.2. The van der Waals surface area contributed by atoms with E-state index in [2.05, 4.69) is 26.8 Å². The quantitative estimate of drug-likeness (QED) is 0.817. The van der Waals surface area contributed by atoms with Gasteiger partial charge in [0, 0.05) is 18.5 Å². The predicted molar refractivity (Wildman–Crippen MR) is 71.9 cm³/mol. The van der Waals surface area contributed by atoms with Gasteiger partial charge < -0.3 is 15.5 Å². The minimum absolute atomic E-state index is 0.0817. The lowest BCUT2D eigenvalue weighted by Gasteiger charge is -2.54. The minimum atomic E-state index is -0.582. The maximum atomic E-state index is 10.9. The van der Waals surface area contributed by atoms with Gasteiger partial charge in [-0.2, -0.15) is 0 Å². The smallest absolute Gasteiger partial charge is 0.286 e. The summed E-state index contributed by atoms with van der Waals surface area (Å²) in [5.41, 5.74) is 6.59. The van der Waals surface area contributed by atoms with Gasteiger partial charge in [-0.1, -0.05) is 0 Å². The fraction of sp³-hybridized carbons (Fsp3) is 0.615. The maximum absolute atomic E-state index is 10.9. The lowest BCUT2D eigenvalue weighted by atomic mass is 9.72. The number of hydrogen-bond donors (Lipinski definition) is 1. The average Bonchev–Trinajstić information content (AvgIpc) is 2.37. The summed E-state index contributed by atoms with van der Waals surface area (Å²) in [6.07, 6.45) is 5.91. The van der Waals surface area contributed by atoms with E-state index in [0.717, 1.165) is 18.8 Å². The van der Waals surface area contributed by atoms with E-state index in [1.807, 2.05) is 0 Å². The van der Waals surface area contributed by atoms with Gasteiger partial charge in [0.2, 0.25) is 5.82 Å². The molecule has 2 aliphatic rings. The third kappa shape index (κ3) is 2.28. The summed E-state index contributed by atoms with van der Waals surface area (Å²) in [6.45, 7) is 4.51. The Kier molecular flexibility index (Phi) is 2.89. The molecule has 102 valence electrons. The van der Waals surface area contributed by atoms with E-state index >= 15 is 0 Å². The predicted octanol–water partition coefficient (Wildman–Crippen LogP) is 0.108. The van der Waals surface area contributed by atoms with E-state index in [4.69, 9.17) is 5.73 Å². The summed E-state index contributed by atoms with van der Waals surface area (Å²) >= 11 is 0. The van der Waals surface area contributed by atoms with E-state index < -0.39 is 5.91 Å². The number of carbonyl (C=O) groups is 1. The SMILES string of the molecule is CN1CCC2(CC1)CN(c1cnc(C(N)=O)nc1)C2. The molecule has 2 fully saturated rings. The molecule has 0 atom stereocenters. The molecule has 0 aromatic carbocycles. The van der Waals surface area contributed by atoms with Crippen LogP contribution in [0, 0.1) is 5.41 Å². The Balaban J connectivity index is 1.62. The summed E-state index contributed by atoms with van der Waals surface area (Å²) in [7, 11) is 2.18. The van der Waals surface area contributed by atoms with Crippen LogP contribution in [-0.2, 0) is 0 Å². The van der Waals surface area contributed by atoms with Crippen molar-refractivity contribution in [1.82, 2.24) is 14.9 Å². The van der Waals surface area contributed by atoms with Gasteiger partial charge in [-0.25, -0.2) is 9.97 Å². The molecule has 2 saturated heterocycles. The number of nitrogens with zero attached hydrogens (tertiary/aromatic N) is 4. The number of rotatable bonds is 2. The van der Waals surface area contributed by atoms with Crippen LogP contribution in [0.3, 0.4) is 0 Å². The number of likely N-dealkylation sites (tertiary alicyclic amines) is 1. The number of primary amides is 1. The molecule has 6 heteroatoms. The third-order valence-electron chi connectivity index (χ3n) is 4.32. The van der Waals surface area contributed by atoms with Crippen LogP contribution in [0.1, 0.15) is 23.5 Å². The summed E-state index contributed by atoms with van der Waals surface area (Å²) in [5, 5.41) is 0. The van der Waals surface area contributed by atoms with Crippen molar-refractivity contribution in [2.75, 3.05) is 38.1 Å². The molecule has 6 nitrogen and oxygen atoms in total. The van der Waals surface area contributed by atoms with Crippen molar-refractivity contribution in [2.24, 2.45) is 11.1 Å². The monoisotopic (exact) mass is 261 g/mol. The lowest BCUT2D eigenvalue weighted by Crippen LogP contribution is -2.60. The zero-order chi connectivity index (χ0) is 13.5. The first-order valence-corrected chi connectivity index (χ1v) is 6.63. The third-order valence-corrected chi connectivity index (χ3v) is 4.32. The highest BCUT2D eigenvalue weighted by Gasteiger charge is 2.44. The molecule has 3 heterocycles. The van der Waals surface area contributed by atoms with E-state index in [1.54, 1.807) is 12.4 Å². The van der Waals surface area contributed by atoms with Crippen LogP contribution < -0.4 is 10.6 Å². The van der Waals surface area contributed by atoms with Gasteiger partial charge in [-0.15, -0.1) is 0 Å². The molecule has 19 heavy (non-hydrogen) atoms. The van der Waals surface area contributed by atoms with Crippen molar-refractivity contribution in [2.45, 2.75) is 12.8 Å². The van der Waals surface area contributed by atoms with Crippen LogP contribution in [0.25, 0.3) is 0 Å². The minimum Gasteiger partial charge on any atom is -0.368 e. The fourth-order valence-electron chi connectivity index (χ4n) is 2.97. The number of hydrogen-bond acceptors (Lipinski definition) is 5. The molecule has 2 aliphatic heterocycles. The number of nitrogens with two attached hydrogens (primary N) is 1. The van der Waals surface area contributed by atoms with E-state index in [1.165, 1.54) is 25.9 Å². The van der Waals surface area contributed by atoms with E-state index in [-0.39, 0.29) is 5.82 Å². The van der Waals surface area contributed by atoms with Crippen molar-refractivity contribution in [1.29, 1.82) is 0 Å². The zero-order valence-electron chi connectivity index (χ0n) is 11.2. The van der Waals surface area contributed by atoms with Gasteiger partial charge in [-0.3, -0.25) is 4.79 Å². The van der Waals surface area contributed by atoms with E-state index in [0.29, 0.717) is 5.41 Å². The molecular weight excluding hydrogens is 242 g/mol. The highest BCUT2D eigenvalue weighted by molar-refractivity contribution is 5.88. The summed E-state index contributed by atoms with van der Waals surface area (Å²) in [5.74, 6) is -0.500. The van der Waals surface area contributed by atoms with Gasteiger partial charge in [0.25, 0.3) is 5.91 Å². The van der Waals surface area contributed by atoms with Gasteiger partial charge in [0.15, 0.2) is 0 Å². The topological polar surface area (TPSA) is 75.3 Å². The van der Waals surface area contributed by atoms with Crippen molar-refractivity contribution in [3.8, 4) is 0 Å². The molecule has 1 amide bonds. The Morgan fingerprint density at radius 2 is 1.84 bits per heavy atom. The molecule has 1 spiro atoms. The Hall–Kier alpha value is -1.69. The number of carbonyl (C=O) groups excluding carboxylic acids is 1. The van der Waals surface area contributed by atoms with Crippen molar-refractivity contribution in [3.63, 3.8) is 0 Å². The average molecular weight is 261 g/mol. The Morgan fingerprint density at radius 1 is 1.26 bits per heavy atom. The molecule has 0 aliphatic carbocycles. The molecule has 1 aromatic heterocycles. The summed E-state index contributed by atoms with van der Waals surface area (Å²) in [6, 6.07) is 0. The van der Waals surface area contributed by atoms with Crippen LogP contribution in [0.5, 0.6) is 0 Å². The normalized spacial score (nSPS) is 22.3. The van der Waals surface area contributed by atoms with Crippen LogP contribution in [0.15, 0.2) is 12.4 Å². The summed E-state index contributed by atoms with van der Waals surface area (Å²) in [4.78, 5) is 23.6. The van der Waals surface area contributed by atoms with Crippen LogP contribution in [-0.4, -0.2) is 54.0 Å². The molecule has 0 saturated carbocycles. The second kappa shape index (κ2) is 4.45. The maximum Gasteiger partial charge on any atom is 0.286 e. The second-order valence-electron chi connectivity index (χ2n) is 5.79. The molecular formula is C13H19N5O. The van der Waals surface area contributed by atoms with E-state index in [9.17, 15) is 4.79 Å². The molecule has 3 rings (SSSR count). The fourth-order valence-corrected chi connectivity index (χ4v) is 2.97. The first kappa shape index (κ1) is 12.3. The van der Waals surface area contributed by atoms with Gasteiger partial charge in [-0.05, 0) is 33.0 Å². The van der Waals surface area contributed by atoms with Crippen molar-refractivity contribution >= 4 is 11.6 Å². The number of aromatic nitrogens is 2. The van der Waals surface area contributed by atoms with Crippen molar-refractivity contribution < 1.29 is 4.79 Å². The second-order valence-corrected chi connectivity index (χ2v) is 5.79. The Morgan fingerprint density at radius 3 is 2.37 bits per heavy atom. The Labute approximate surface area is 112 Å². The van der Waals surface area contributed by atoms with Gasteiger partial charge in [0.1, 0.15) is 0 Å². The standard InChI is InChI=1S/C13H19N5O/c1-17-4-2-13(3-5-17)8-18(9-13)10-6-15-12(11(14)19)16-7-10/h6-7H,2-5,8-9H2,1H3,(H2,14,19). The molecule has 0 bridgehead atoms. The Bertz CT molecular complexity index is 470. The highest BCUT2D eigenvalue weighted by Crippen LogP contribution is 2.41. The largest absolute Gasteiger partial charge is 0.368 e. The van der Waals surface area contributed by atoms with Crippen LogP contribution in [0.2, 0.25) is 0 Å². The highest BCUT2D eigenvalue weighted by atomic mass is 16.1. The summed E-state index contributed by atoms with van der Waals surface area (Å²) < 4.78 is 0. The van der Waals surface area contributed by atoms with Gasteiger partial charge >= 0.3 is 0 Å². The first-order valence-electron chi connectivity index (χ1n) is 6.63. The van der Waals surface area contributed by atoms with Gasteiger partial charge in [0.05, 0.1) is 18.1 Å². The molecule has 0 unspecified atom stereocenters. The lowest BCUT2D eigenvalue weighted by molar-refractivity contribution is 0.0904. The molecule has 2 N–H and O–H groups in total. The number of anilines is 1. The van der Waals surface area contributed by atoms with Crippen LogP contribution in [0.4, 0.5) is 5.69 Å². The molecule has 1 aromatic rings. The number of piperidine rings is 1. The van der Waals surface area contributed by atoms with Crippen molar-refractivity contribution in [3.05, 3.63) is 18.2 Å².